The topological polar surface area (TPSA) is 200 Å². The van der Waals surface area contributed by atoms with Gasteiger partial charge in [0.2, 0.25) is 17.7 Å². The van der Waals surface area contributed by atoms with E-state index in [0.717, 1.165) is 85.7 Å². The molecule has 0 saturated carbocycles. The van der Waals surface area contributed by atoms with Crippen LogP contribution in [0.1, 0.15) is 55.8 Å². The number of nitrogens with one attached hydrogen (secondary N) is 1. The SMILES string of the molecule is COC(=O)CN=Cc1ccc(OCCc2nc(-c3ccccc3)oc2C)cc1.COC(=O)CNCc1ccc(OCCc2nc(-c3ccccc3)oc2C)cc1.Cc1oc(-c2ccccc2)nc1CCOc1ccc(C=O)cc1.Cl. The maximum absolute atomic E-state index is 11.1. The molecule has 0 fully saturated rings. The highest BCUT2D eigenvalue weighted by Gasteiger charge is 2.14. The first-order valence-electron chi connectivity index (χ1n) is 25.6. The van der Waals surface area contributed by atoms with E-state index in [1.54, 1.807) is 30.5 Å². The van der Waals surface area contributed by atoms with Crippen LogP contribution in [-0.2, 0) is 44.9 Å². The molecule has 414 valence electrons. The van der Waals surface area contributed by atoms with Gasteiger partial charge in [0, 0.05) is 54.3 Å². The first-order valence-corrected chi connectivity index (χ1v) is 25.6. The molecule has 9 rings (SSSR count). The molecule has 0 bridgehead atoms. The van der Waals surface area contributed by atoms with E-state index in [9.17, 15) is 14.4 Å². The summed E-state index contributed by atoms with van der Waals surface area (Å²) in [5, 5.41) is 3.02. The normalized spacial score (nSPS) is 10.6. The molecule has 80 heavy (non-hydrogen) atoms. The maximum Gasteiger partial charge on any atom is 0.327 e. The monoisotopic (exact) mass is 1100 g/mol. The maximum atomic E-state index is 11.1. The minimum Gasteiger partial charge on any atom is -0.493 e. The third-order valence-corrected chi connectivity index (χ3v) is 11.9. The van der Waals surface area contributed by atoms with Crippen molar-refractivity contribution in [2.24, 2.45) is 4.99 Å². The predicted octanol–water partition coefficient (Wildman–Crippen LogP) is 11.9. The third-order valence-electron chi connectivity index (χ3n) is 11.9. The molecule has 1 N–H and O–H groups in total. The van der Waals surface area contributed by atoms with Gasteiger partial charge in [-0.05, 0) is 129 Å². The molecule has 16 nitrogen and oxygen atoms in total. The van der Waals surface area contributed by atoms with Crippen LogP contribution in [0.3, 0.4) is 0 Å². The fourth-order valence-electron chi connectivity index (χ4n) is 7.56. The number of aldehydes is 1. The Bertz CT molecular complexity index is 3310. The van der Waals surface area contributed by atoms with E-state index in [2.05, 4.69) is 34.7 Å². The zero-order chi connectivity index (χ0) is 55.6. The van der Waals surface area contributed by atoms with Gasteiger partial charge in [-0.2, -0.15) is 0 Å². The average molecular weight is 1100 g/mol. The highest BCUT2D eigenvalue weighted by molar-refractivity contribution is 5.85. The van der Waals surface area contributed by atoms with Crippen molar-refractivity contribution in [3.8, 4) is 51.6 Å². The van der Waals surface area contributed by atoms with Crippen LogP contribution < -0.4 is 19.5 Å². The van der Waals surface area contributed by atoms with Gasteiger partial charge in [0.05, 0.1) is 57.7 Å². The lowest BCUT2D eigenvalue weighted by Crippen LogP contribution is -2.23. The van der Waals surface area contributed by atoms with E-state index in [4.69, 9.17) is 27.5 Å². The van der Waals surface area contributed by atoms with Gasteiger partial charge in [-0.25, -0.2) is 15.0 Å². The fraction of sp³-hybridized carbons (Fsp3) is 0.222. The van der Waals surface area contributed by atoms with Crippen molar-refractivity contribution >= 4 is 36.8 Å². The fourth-order valence-corrected chi connectivity index (χ4v) is 7.56. The lowest BCUT2D eigenvalue weighted by molar-refractivity contribution is -0.140. The quantitative estimate of drug-likeness (QED) is 0.0360. The Morgan fingerprint density at radius 3 is 1.23 bits per heavy atom. The number of hydrogen-bond donors (Lipinski definition) is 1. The Morgan fingerprint density at radius 1 is 0.500 bits per heavy atom. The van der Waals surface area contributed by atoms with Gasteiger partial charge in [-0.3, -0.25) is 19.4 Å². The predicted molar refractivity (Wildman–Crippen MR) is 308 cm³/mol. The van der Waals surface area contributed by atoms with Crippen LogP contribution in [0, 0.1) is 20.8 Å². The second kappa shape index (κ2) is 31.9. The highest BCUT2D eigenvalue weighted by atomic mass is 35.5. The van der Waals surface area contributed by atoms with Crippen molar-refractivity contribution < 1.29 is 51.3 Å². The number of aliphatic imine (C=N–C) groups is 1. The van der Waals surface area contributed by atoms with Crippen molar-refractivity contribution in [3.63, 3.8) is 0 Å². The molecular formula is C63H64ClN5O11. The number of esters is 2. The molecule has 3 aromatic heterocycles. The number of ether oxygens (including phenoxy) is 5. The Balaban J connectivity index is 0.000000193. The smallest absolute Gasteiger partial charge is 0.327 e. The first-order chi connectivity index (χ1) is 38.6. The van der Waals surface area contributed by atoms with Gasteiger partial charge in [0.25, 0.3) is 0 Å². The first kappa shape index (κ1) is 60.1. The third kappa shape index (κ3) is 19.1. The van der Waals surface area contributed by atoms with Crippen LogP contribution in [0.2, 0.25) is 0 Å². The number of benzene rings is 6. The second-order valence-electron chi connectivity index (χ2n) is 17.6. The van der Waals surface area contributed by atoms with E-state index in [-0.39, 0.29) is 37.4 Å². The van der Waals surface area contributed by atoms with Gasteiger partial charge in [-0.1, -0.05) is 66.7 Å². The number of carbonyl (C=O) groups excluding carboxylic acids is 3. The van der Waals surface area contributed by atoms with E-state index in [0.29, 0.717) is 68.9 Å². The van der Waals surface area contributed by atoms with Crippen LogP contribution in [-0.4, -0.2) is 86.5 Å². The number of nitrogens with zero attached hydrogens (tertiary/aromatic N) is 4. The average Bonchev–Trinajstić information content (AvgIpc) is 4.20. The molecule has 17 heteroatoms. The van der Waals surface area contributed by atoms with Gasteiger partial charge in [-0.15, -0.1) is 12.4 Å². The van der Waals surface area contributed by atoms with Crippen molar-refractivity contribution in [3.05, 3.63) is 215 Å². The number of oxazole rings is 3. The van der Waals surface area contributed by atoms with Crippen LogP contribution in [0.5, 0.6) is 17.2 Å². The zero-order valence-electron chi connectivity index (χ0n) is 45.3. The number of methoxy groups -OCH3 is 2. The van der Waals surface area contributed by atoms with Crippen LogP contribution >= 0.6 is 12.4 Å². The lowest BCUT2D eigenvalue weighted by Gasteiger charge is -2.07. The number of halogens is 1. The summed E-state index contributed by atoms with van der Waals surface area (Å²) in [6.07, 6.45) is 4.44. The molecule has 3 heterocycles. The summed E-state index contributed by atoms with van der Waals surface area (Å²) in [5.74, 6) is 5.97. The molecule has 0 saturated heterocycles. The molecular weight excluding hydrogens is 1040 g/mol. The summed E-state index contributed by atoms with van der Waals surface area (Å²) >= 11 is 0. The lowest BCUT2D eigenvalue weighted by atomic mass is 10.2. The Hall–Kier alpha value is -9.12. The summed E-state index contributed by atoms with van der Waals surface area (Å²) in [6, 6.07) is 51.8. The van der Waals surface area contributed by atoms with Crippen LogP contribution in [0.25, 0.3) is 34.4 Å². The van der Waals surface area contributed by atoms with Gasteiger partial charge in [0.1, 0.15) is 47.4 Å². The molecule has 0 aliphatic heterocycles. The van der Waals surface area contributed by atoms with Crippen molar-refractivity contribution in [2.75, 3.05) is 47.1 Å². The van der Waals surface area contributed by atoms with Crippen molar-refractivity contribution in [1.82, 2.24) is 20.3 Å². The van der Waals surface area contributed by atoms with Crippen molar-refractivity contribution in [2.45, 2.75) is 46.6 Å². The van der Waals surface area contributed by atoms with Crippen LogP contribution in [0.15, 0.2) is 182 Å². The Labute approximate surface area is 471 Å². The van der Waals surface area contributed by atoms with E-state index >= 15 is 0 Å². The summed E-state index contributed by atoms with van der Waals surface area (Å²) in [6.45, 7) is 8.06. The van der Waals surface area contributed by atoms with Crippen LogP contribution in [0.4, 0.5) is 0 Å². The molecule has 0 unspecified atom stereocenters. The molecule has 9 aromatic rings. The number of carbonyl (C=O) groups is 3. The number of aromatic nitrogens is 3. The summed E-state index contributed by atoms with van der Waals surface area (Å²) in [5.41, 5.74) is 8.18. The molecule has 0 aliphatic rings. The van der Waals surface area contributed by atoms with Gasteiger partial charge < -0.3 is 42.3 Å². The second-order valence-corrected chi connectivity index (χ2v) is 17.6. The summed E-state index contributed by atoms with van der Waals surface area (Å²) < 4.78 is 43.7. The van der Waals surface area contributed by atoms with E-state index in [1.807, 2.05) is 160 Å². The number of aryl methyl sites for hydroxylation is 3. The van der Waals surface area contributed by atoms with E-state index < -0.39 is 0 Å². The summed E-state index contributed by atoms with van der Waals surface area (Å²) in [7, 11) is 2.71. The Morgan fingerprint density at radius 2 is 0.863 bits per heavy atom. The zero-order valence-corrected chi connectivity index (χ0v) is 46.1. The van der Waals surface area contributed by atoms with E-state index in [1.165, 1.54) is 14.2 Å². The number of hydrogen-bond acceptors (Lipinski definition) is 16. The Kier molecular flexibility index (Phi) is 24.0. The van der Waals surface area contributed by atoms with Crippen molar-refractivity contribution in [1.29, 1.82) is 0 Å². The van der Waals surface area contributed by atoms with Gasteiger partial charge >= 0.3 is 11.9 Å². The standard InChI is InChI=1S/C22H24N2O4.C22H22N2O4.C19H17NO3.ClH/c2*1-16-20(24-22(28-16)18-6-4-3-5-7-18)12-13-27-19-10-8-17(9-11-19)14-23-15-21(25)26-2;1-14-18(20-19(23-14)16-5-3-2-4-6-16)11-12-22-17-9-7-15(13-21)8-10-17;/h3-11,23H,12-15H2,1-2H3;3-11,14H,12-13,15H2,1-2H3;2-10,13H,11-12H2,1H3;1H. The minimum atomic E-state index is -0.366. The molecule has 0 amide bonds. The minimum absolute atomic E-state index is 0. The largest absolute Gasteiger partial charge is 0.493 e. The van der Waals surface area contributed by atoms with Gasteiger partial charge in [0.15, 0.2) is 0 Å². The molecule has 0 spiro atoms. The number of rotatable bonds is 23. The molecule has 0 aliphatic carbocycles. The molecule has 0 radical (unpaired) electrons. The molecule has 6 aromatic carbocycles. The summed E-state index contributed by atoms with van der Waals surface area (Å²) in [4.78, 5) is 50.5. The molecule has 0 atom stereocenters. The highest BCUT2D eigenvalue weighted by Crippen LogP contribution is 2.25.